The number of rotatable bonds is 5. The molecule has 138 valence electrons. The van der Waals surface area contributed by atoms with E-state index in [0.717, 1.165) is 57.0 Å². The molecular formula is C19H30N4O2. The highest BCUT2D eigenvalue weighted by molar-refractivity contribution is 5.72. The number of carboxylic acid groups (broad SMARTS) is 1. The van der Waals surface area contributed by atoms with Crippen molar-refractivity contribution in [1.82, 2.24) is 19.8 Å². The first-order valence-electron chi connectivity index (χ1n) is 9.19. The molecule has 2 N–H and O–H groups in total. The number of H-pyrrole nitrogens is 1. The minimum Gasteiger partial charge on any atom is -0.481 e. The number of nitrogens with zero attached hydrogens (tertiary/aromatic N) is 3. The molecule has 6 heteroatoms. The zero-order chi connectivity index (χ0) is 18.0. The number of likely N-dealkylation sites (tertiary alicyclic amines) is 2. The first-order valence-corrected chi connectivity index (χ1v) is 9.19. The summed E-state index contributed by atoms with van der Waals surface area (Å²) >= 11 is 0. The van der Waals surface area contributed by atoms with Gasteiger partial charge in [0.1, 0.15) is 0 Å². The molecule has 6 nitrogen and oxygen atoms in total. The van der Waals surface area contributed by atoms with E-state index in [4.69, 9.17) is 0 Å². The maximum absolute atomic E-state index is 11.9. The smallest absolute Gasteiger partial charge is 0.308 e. The van der Waals surface area contributed by atoms with Crippen LogP contribution in [0, 0.1) is 18.3 Å². The Labute approximate surface area is 149 Å². The second-order valence-corrected chi connectivity index (χ2v) is 7.98. The third-order valence-corrected chi connectivity index (χ3v) is 5.93. The lowest BCUT2D eigenvalue weighted by atomic mass is 9.71. The lowest BCUT2D eigenvalue weighted by molar-refractivity contribution is -0.145. The second kappa shape index (κ2) is 7.30. The van der Waals surface area contributed by atoms with Gasteiger partial charge in [-0.05, 0) is 46.7 Å². The largest absolute Gasteiger partial charge is 0.481 e. The van der Waals surface area contributed by atoms with Crippen LogP contribution in [-0.4, -0.2) is 63.6 Å². The van der Waals surface area contributed by atoms with Gasteiger partial charge in [0.25, 0.3) is 0 Å². The standard InChI is InChI=1S/C19H30N4O2/c1-14(2)4-7-22-8-5-19(6-9-22)12-23(10-16(19)18(24)25)11-17-15(3)20-13-21-17/h4,13,16H,5-12H2,1-3H3,(H,20,21)(H,24,25). The molecule has 2 aliphatic rings. The van der Waals surface area contributed by atoms with Gasteiger partial charge in [0.15, 0.2) is 0 Å². The summed E-state index contributed by atoms with van der Waals surface area (Å²) in [5.74, 6) is -0.906. The number of aliphatic carboxylic acids is 1. The summed E-state index contributed by atoms with van der Waals surface area (Å²) in [5.41, 5.74) is 3.36. The molecule has 1 unspecified atom stereocenters. The average molecular weight is 346 g/mol. The van der Waals surface area contributed by atoms with Crippen molar-refractivity contribution < 1.29 is 9.90 Å². The molecule has 2 fully saturated rings. The lowest BCUT2D eigenvalue weighted by Crippen LogP contribution is -2.46. The van der Waals surface area contributed by atoms with Gasteiger partial charge < -0.3 is 10.1 Å². The van der Waals surface area contributed by atoms with Crippen molar-refractivity contribution in [3.8, 4) is 0 Å². The summed E-state index contributed by atoms with van der Waals surface area (Å²) in [6.45, 7) is 11.5. The Kier molecular flexibility index (Phi) is 5.29. The number of hydrogen-bond acceptors (Lipinski definition) is 4. The number of imidazole rings is 1. The van der Waals surface area contributed by atoms with Crippen molar-refractivity contribution in [1.29, 1.82) is 0 Å². The van der Waals surface area contributed by atoms with Crippen molar-refractivity contribution in [2.75, 3.05) is 32.7 Å². The van der Waals surface area contributed by atoms with Crippen molar-refractivity contribution in [2.45, 2.75) is 40.2 Å². The molecule has 0 aromatic carbocycles. The average Bonchev–Trinajstić information content (AvgIpc) is 3.12. The molecule has 0 saturated carbocycles. The molecule has 2 saturated heterocycles. The normalized spacial score (nSPS) is 23.9. The van der Waals surface area contributed by atoms with Crippen LogP contribution < -0.4 is 0 Å². The quantitative estimate of drug-likeness (QED) is 0.800. The summed E-state index contributed by atoms with van der Waals surface area (Å²) in [6.07, 6.45) is 5.91. The zero-order valence-electron chi connectivity index (χ0n) is 15.6. The summed E-state index contributed by atoms with van der Waals surface area (Å²) in [4.78, 5) is 24.1. The summed E-state index contributed by atoms with van der Waals surface area (Å²) < 4.78 is 0. The van der Waals surface area contributed by atoms with Crippen LogP contribution in [0.5, 0.6) is 0 Å². The second-order valence-electron chi connectivity index (χ2n) is 7.98. The van der Waals surface area contributed by atoms with Crippen molar-refractivity contribution >= 4 is 5.97 Å². The molecule has 1 aromatic heterocycles. The van der Waals surface area contributed by atoms with E-state index >= 15 is 0 Å². The number of carbonyl (C=O) groups is 1. The van der Waals surface area contributed by atoms with Gasteiger partial charge in [-0.2, -0.15) is 0 Å². The number of nitrogens with one attached hydrogen (secondary N) is 1. The SMILES string of the molecule is CC(C)=CCN1CCC2(CC1)CN(Cc1nc[nH]c1C)CC2C(=O)O. The van der Waals surface area contributed by atoms with Gasteiger partial charge in [0.2, 0.25) is 0 Å². The van der Waals surface area contributed by atoms with Gasteiger partial charge in [-0.3, -0.25) is 14.6 Å². The van der Waals surface area contributed by atoms with Crippen LogP contribution >= 0.6 is 0 Å². The Morgan fingerprint density at radius 2 is 2.12 bits per heavy atom. The minimum atomic E-state index is -0.640. The van der Waals surface area contributed by atoms with E-state index in [1.54, 1.807) is 6.33 Å². The van der Waals surface area contributed by atoms with Crippen molar-refractivity contribution in [2.24, 2.45) is 11.3 Å². The number of aryl methyl sites for hydroxylation is 1. The molecule has 0 amide bonds. The number of piperidine rings is 1. The summed E-state index contributed by atoms with van der Waals surface area (Å²) in [5, 5.41) is 9.80. The minimum absolute atomic E-state index is 0.0858. The Morgan fingerprint density at radius 3 is 2.68 bits per heavy atom. The van der Waals surface area contributed by atoms with Gasteiger partial charge in [-0.1, -0.05) is 11.6 Å². The van der Waals surface area contributed by atoms with Crippen LogP contribution in [0.1, 0.15) is 38.1 Å². The predicted molar refractivity (Wildman–Crippen MR) is 97.3 cm³/mol. The maximum Gasteiger partial charge on any atom is 0.308 e. The van der Waals surface area contributed by atoms with Crippen LogP contribution in [0.25, 0.3) is 0 Å². The molecule has 2 aliphatic heterocycles. The van der Waals surface area contributed by atoms with Crippen LogP contribution in [0.4, 0.5) is 0 Å². The molecule has 0 radical (unpaired) electrons. The number of carboxylic acids is 1. The predicted octanol–water partition coefficient (Wildman–Crippen LogP) is 2.28. The zero-order valence-corrected chi connectivity index (χ0v) is 15.6. The Bertz CT molecular complexity index is 640. The number of aromatic nitrogens is 2. The number of hydrogen-bond donors (Lipinski definition) is 2. The van der Waals surface area contributed by atoms with E-state index in [1.165, 1.54) is 5.57 Å². The van der Waals surface area contributed by atoms with E-state index < -0.39 is 5.97 Å². The first kappa shape index (κ1) is 18.1. The van der Waals surface area contributed by atoms with Crippen molar-refractivity contribution in [3.63, 3.8) is 0 Å². The van der Waals surface area contributed by atoms with Gasteiger partial charge in [-0.15, -0.1) is 0 Å². The fourth-order valence-electron chi connectivity index (χ4n) is 4.29. The monoisotopic (exact) mass is 346 g/mol. The summed E-state index contributed by atoms with van der Waals surface area (Å²) in [6, 6.07) is 0. The molecule has 0 bridgehead atoms. The van der Waals surface area contributed by atoms with E-state index in [0.29, 0.717) is 6.54 Å². The van der Waals surface area contributed by atoms with Crippen LogP contribution in [0.15, 0.2) is 18.0 Å². The van der Waals surface area contributed by atoms with Crippen molar-refractivity contribution in [3.05, 3.63) is 29.4 Å². The highest BCUT2D eigenvalue weighted by Crippen LogP contribution is 2.45. The molecule has 1 spiro atoms. The van der Waals surface area contributed by atoms with Gasteiger partial charge in [-0.25, -0.2) is 4.98 Å². The topological polar surface area (TPSA) is 72.5 Å². The number of allylic oxidation sites excluding steroid dienone is 1. The fourth-order valence-corrected chi connectivity index (χ4v) is 4.29. The highest BCUT2D eigenvalue weighted by atomic mass is 16.4. The fraction of sp³-hybridized carbons (Fsp3) is 0.684. The molecule has 1 aromatic rings. The lowest BCUT2D eigenvalue weighted by Gasteiger charge is -2.41. The number of aromatic amines is 1. The van der Waals surface area contributed by atoms with Gasteiger partial charge in [0, 0.05) is 37.3 Å². The molecular weight excluding hydrogens is 316 g/mol. The van der Waals surface area contributed by atoms with E-state index in [1.807, 2.05) is 6.92 Å². The van der Waals surface area contributed by atoms with E-state index in [-0.39, 0.29) is 11.3 Å². The Hall–Kier alpha value is -1.66. The third kappa shape index (κ3) is 3.96. The Morgan fingerprint density at radius 1 is 1.40 bits per heavy atom. The van der Waals surface area contributed by atoms with Gasteiger partial charge >= 0.3 is 5.97 Å². The molecule has 1 atom stereocenters. The molecule has 25 heavy (non-hydrogen) atoms. The van der Waals surface area contributed by atoms with Crippen LogP contribution in [-0.2, 0) is 11.3 Å². The van der Waals surface area contributed by atoms with Crippen LogP contribution in [0.2, 0.25) is 0 Å². The van der Waals surface area contributed by atoms with Gasteiger partial charge in [0.05, 0.1) is 17.9 Å². The molecule has 3 rings (SSSR count). The van der Waals surface area contributed by atoms with Crippen LogP contribution in [0.3, 0.4) is 0 Å². The molecule has 0 aliphatic carbocycles. The Balaban J connectivity index is 1.66. The highest BCUT2D eigenvalue weighted by Gasteiger charge is 2.51. The van der Waals surface area contributed by atoms with E-state index in [9.17, 15) is 9.90 Å². The maximum atomic E-state index is 11.9. The third-order valence-electron chi connectivity index (χ3n) is 5.93. The first-order chi connectivity index (χ1) is 11.9. The van der Waals surface area contributed by atoms with E-state index in [2.05, 4.69) is 39.7 Å². The molecule has 3 heterocycles. The summed E-state index contributed by atoms with van der Waals surface area (Å²) in [7, 11) is 0.